The maximum Gasteiger partial charge on any atom is 0.248 e. The third-order valence-corrected chi connectivity index (χ3v) is 4.04. The highest BCUT2D eigenvalue weighted by Gasteiger charge is 2.29. The van der Waals surface area contributed by atoms with Crippen LogP contribution < -0.4 is 0 Å². The first-order chi connectivity index (χ1) is 9.22. The molecule has 19 heavy (non-hydrogen) atoms. The summed E-state index contributed by atoms with van der Waals surface area (Å²) < 4.78 is 5.22. The second-order valence-electron chi connectivity index (χ2n) is 5.55. The Morgan fingerprint density at radius 2 is 2.32 bits per heavy atom. The maximum atomic E-state index is 12.0. The standard InChI is InChI=1S/C16H25NO2/c1-3-4-6-14-7-5-8-15(13(2)11-14)17-9-10-19-12-16(17)18/h5,7,11,13,15H,3-4,6,8-10,12H2,1-2H3. The van der Waals surface area contributed by atoms with Crippen LogP contribution in [-0.2, 0) is 9.53 Å². The lowest BCUT2D eigenvalue weighted by molar-refractivity contribution is -0.146. The predicted molar refractivity (Wildman–Crippen MR) is 76.8 cm³/mol. The van der Waals surface area contributed by atoms with Crippen molar-refractivity contribution < 1.29 is 9.53 Å². The van der Waals surface area contributed by atoms with E-state index >= 15 is 0 Å². The predicted octanol–water partition coefficient (Wildman–Crippen LogP) is 2.93. The van der Waals surface area contributed by atoms with E-state index in [1.54, 1.807) is 0 Å². The molecule has 0 aromatic carbocycles. The molecular formula is C16H25NO2. The Labute approximate surface area is 116 Å². The molecule has 106 valence electrons. The number of nitrogens with zero attached hydrogens (tertiary/aromatic N) is 1. The molecule has 0 saturated carbocycles. The van der Waals surface area contributed by atoms with E-state index < -0.39 is 0 Å². The Balaban J connectivity index is 2.05. The zero-order chi connectivity index (χ0) is 13.7. The van der Waals surface area contributed by atoms with Gasteiger partial charge < -0.3 is 9.64 Å². The molecule has 0 aromatic rings. The molecule has 2 aliphatic rings. The van der Waals surface area contributed by atoms with Crippen LogP contribution in [0.1, 0.15) is 39.5 Å². The number of carbonyl (C=O) groups excluding carboxylic acids is 1. The number of carbonyl (C=O) groups is 1. The summed E-state index contributed by atoms with van der Waals surface area (Å²) in [5.41, 5.74) is 1.43. The number of hydrogen-bond donors (Lipinski definition) is 0. The van der Waals surface area contributed by atoms with Gasteiger partial charge in [-0.25, -0.2) is 0 Å². The molecule has 0 spiro atoms. The smallest absolute Gasteiger partial charge is 0.248 e. The Hall–Kier alpha value is -1.09. The van der Waals surface area contributed by atoms with E-state index in [2.05, 4.69) is 32.1 Å². The van der Waals surface area contributed by atoms with Gasteiger partial charge in [-0.15, -0.1) is 0 Å². The molecule has 1 amide bonds. The highest BCUT2D eigenvalue weighted by Crippen LogP contribution is 2.25. The van der Waals surface area contributed by atoms with E-state index in [0.29, 0.717) is 18.6 Å². The number of allylic oxidation sites excluding steroid dienone is 2. The number of rotatable bonds is 4. The lowest BCUT2D eigenvalue weighted by Gasteiger charge is -2.36. The van der Waals surface area contributed by atoms with Crippen LogP contribution in [0.3, 0.4) is 0 Å². The Morgan fingerprint density at radius 1 is 1.47 bits per heavy atom. The quantitative estimate of drug-likeness (QED) is 0.780. The molecule has 0 radical (unpaired) electrons. The van der Waals surface area contributed by atoms with Crippen LogP contribution >= 0.6 is 0 Å². The summed E-state index contributed by atoms with van der Waals surface area (Å²) in [6, 6.07) is 0.298. The van der Waals surface area contributed by atoms with Crippen molar-refractivity contribution in [2.24, 2.45) is 5.92 Å². The molecular weight excluding hydrogens is 238 g/mol. The molecule has 0 aromatic heterocycles. The van der Waals surface area contributed by atoms with Gasteiger partial charge in [0.25, 0.3) is 0 Å². The first-order valence-electron chi connectivity index (χ1n) is 7.46. The Bertz CT molecular complexity index is 373. The minimum atomic E-state index is 0.141. The zero-order valence-corrected chi connectivity index (χ0v) is 12.1. The molecule has 2 atom stereocenters. The largest absolute Gasteiger partial charge is 0.370 e. The van der Waals surface area contributed by atoms with Gasteiger partial charge in [0.2, 0.25) is 5.91 Å². The van der Waals surface area contributed by atoms with E-state index in [9.17, 15) is 4.79 Å². The van der Waals surface area contributed by atoms with Gasteiger partial charge in [-0.3, -0.25) is 4.79 Å². The molecule has 0 bridgehead atoms. The third-order valence-electron chi connectivity index (χ3n) is 4.04. The highest BCUT2D eigenvalue weighted by molar-refractivity contribution is 5.78. The van der Waals surface area contributed by atoms with Gasteiger partial charge in [0, 0.05) is 12.6 Å². The van der Waals surface area contributed by atoms with Crippen LogP contribution in [0.25, 0.3) is 0 Å². The van der Waals surface area contributed by atoms with Crippen molar-refractivity contribution in [2.75, 3.05) is 19.8 Å². The second kappa shape index (κ2) is 6.90. The number of unbranched alkanes of at least 4 members (excludes halogenated alkanes) is 1. The van der Waals surface area contributed by atoms with E-state index in [0.717, 1.165) is 19.4 Å². The summed E-state index contributed by atoms with van der Waals surface area (Å²) >= 11 is 0. The van der Waals surface area contributed by atoms with Crippen LogP contribution in [0.4, 0.5) is 0 Å². The summed E-state index contributed by atoms with van der Waals surface area (Å²) in [5, 5.41) is 0. The first kappa shape index (κ1) is 14.3. The van der Waals surface area contributed by atoms with E-state index in [1.165, 1.54) is 18.4 Å². The topological polar surface area (TPSA) is 29.5 Å². The van der Waals surface area contributed by atoms with Gasteiger partial charge >= 0.3 is 0 Å². The van der Waals surface area contributed by atoms with Gasteiger partial charge in [-0.2, -0.15) is 0 Å². The van der Waals surface area contributed by atoms with Gasteiger partial charge in [0.1, 0.15) is 6.61 Å². The molecule has 2 rings (SSSR count). The van der Waals surface area contributed by atoms with Crippen molar-refractivity contribution in [3.63, 3.8) is 0 Å². The summed E-state index contributed by atoms with van der Waals surface area (Å²) in [4.78, 5) is 14.0. The van der Waals surface area contributed by atoms with Crippen molar-refractivity contribution in [3.05, 3.63) is 23.8 Å². The molecule has 1 aliphatic carbocycles. The molecule has 1 saturated heterocycles. The maximum absolute atomic E-state index is 12.0. The Kier molecular flexibility index (Phi) is 5.20. The fourth-order valence-electron chi connectivity index (χ4n) is 2.92. The molecule has 0 N–H and O–H groups in total. The van der Waals surface area contributed by atoms with Gasteiger partial charge in [-0.05, 0) is 25.2 Å². The number of amides is 1. The van der Waals surface area contributed by atoms with Crippen LogP contribution in [0.2, 0.25) is 0 Å². The van der Waals surface area contributed by atoms with Crippen LogP contribution in [0, 0.1) is 5.92 Å². The highest BCUT2D eigenvalue weighted by atomic mass is 16.5. The lowest BCUT2D eigenvalue weighted by atomic mass is 9.96. The van der Waals surface area contributed by atoms with Gasteiger partial charge in [-0.1, -0.05) is 44.1 Å². The average molecular weight is 263 g/mol. The number of morpholine rings is 1. The average Bonchev–Trinajstić information content (AvgIpc) is 2.59. The first-order valence-corrected chi connectivity index (χ1v) is 7.46. The van der Waals surface area contributed by atoms with Crippen LogP contribution in [0.15, 0.2) is 23.8 Å². The van der Waals surface area contributed by atoms with Crippen LogP contribution in [-0.4, -0.2) is 36.6 Å². The van der Waals surface area contributed by atoms with Crippen molar-refractivity contribution in [1.82, 2.24) is 4.90 Å². The molecule has 2 unspecified atom stereocenters. The summed E-state index contributed by atoms with van der Waals surface area (Å²) in [7, 11) is 0. The van der Waals surface area contributed by atoms with Gasteiger partial charge in [0.15, 0.2) is 0 Å². The molecule has 1 heterocycles. The monoisotopic (exact) mass is 263 g/mol. The molecule has 3 heteroatoms. The summed E-state index contributed by atoms with van der Waals surface area (Å²) in [6.07, 6.45) is 11.4. The van der Waals surface area contributed by atoms with E-state index in [4.69, 9.17) is 4.74 Å². The van der Waals surface area contributed by atoms with E-state index in [1.807, 2.05) is 4.90 Å². The third kappa shape index (κ3) is 3.69. The lowest BCUT2D eigenvalue weighted by Crippen LogP contribution is -2.49. The minimum absolute atomic E-state index is 0.141. The fourth-order valence-corrected chi connectivity index (χ4v) is 2.92. The summed E-state index contributed by atoms with van der Waals surface area (Å²) in [5.74, 6) is 0.561. The van der Waals surface area contributed by atoms with Crippen LogP contribution in [0.5, 0.6) is 0 Å². The van der Waals surface area contributed by atoms with Crippen molar-refractivity contribution in [2.45, 2.75) is 45.6 Å². The van der Waals surface area contributed by atoms with E-state index in [-0.39, 0.29) is 12.5 Å². The number of hydrogen-bond acceptors (Lipinski definition) is 2. The van der Waals surface area contributed by atoms with Gasteiger partial charge in [0.05, 0.1) is 6.61 Å². The molecule has 1 fully saturated rings. The second-order valence-corrected chi connectivity index (χ2v) is 5.55. The fraction of sp³-hybridized carbons (Fsp3) is 0.688. The van der Waals surface area contributed by atoms with Crippen molar-refractivity contribution >= 4 is 5.91 Å². The number of ether oxygens (including phenoxy) is 1. The summed E-state index contributed by atoms with van der Waals surface area (Å²) in [6.45, 7) is 6.11. The Morgan fingerprint density at radius 3 is 3.05 bits per heavy atom. The zero-order valence-electron chi connectivity index (χ0n) is 12.1. The van der Waals surface area contributed by atoms with Crippen molar-refractivity contribution in [3.8, 4) is 0 Å². The normalized spacial score (nSPS) is 28.2. The molecule has 1 aliphatic heterocycles. The molecule has 3 nitrogen and oxygen atoms in total. The van der Waals surface area contributed by atoms with Crippen molar-refractivity contribution in [1.29, 1.82) is 0 Å². The minimum Gasteiger partial charge on any atom is -0.370 e. The SMILES string of the molecule is CCCCC1=CC(C)C(N2CCOCC2=O)CC=C1.